The van der Waals surface area contributed by atoms with Gasteiger partial charge in [0.25, 0.3) is 0 Å². The minimum absolute atomic E-state index is 0.369. The Bertz CT molecular complexity index is 368. The first kappa shape index (κ1) is 13.2. The van der Waals surface area contributed by atoms with Crippen LogP contribution < -0.4 is 0 Å². The van der Waals surface area contributed by atoms with Crippen LogP contribution in [0.15, 0.2) is 0 Å². The molecule has 1 amide bonds. The van der Waals surface area contributed by atoms with Gasteiger partial charge in [0.15, 0.2) is 0 Å². The molecular formula is C13H21NO4. The van der Waals surface area contributed by atoms with Gasteiger partial charge in [-0.05, 0) is 46.5 Å². The van der Waals surface area contributed by atoms with E-state index in [4.69, 9.17) is 4.74 Å². The Balaban J connectivity index is 2.15. The van der Waals surface area contributed by atoms with E-state index in [2.05, 4.69) is 0 Å². The lowest BCUT2D eigenvalue weighted by molar-refractivity contribution is -0.147. The molecule has 1 N–H and O–H groups in total. The van der Waals surface area contributed by atoms with Crippen LogP contribution in [-0.2, 0) is 9.53 Å². The third-order valence-electron chi connectivity index (χ3n) is 3.96. The van der Waals surface area contributed by atoms with Crippen molar-refractivity contribution in [2.24, 2.45) is 5.92 Å². The molecule has 5 heteroatoms. The van der Waals surface area contributed by atoms with Crippen LogP contribution in [0.5, 0.6) is 0 Å². The van der Waals surface area contributed by atoms with E-state index in [9.17, 15) is 14.7 Å². The van der Waals surface area contributed by atoms with E-state index >= 15 is 0 Å². The second kappa shape index (κ2) is 4.14. The average molecular weight is 255 g/mol. The Morgan fingerprint density at radius 3 is 2.33 bits per heavy atom. The maximum absolute atomic E-state index is 12.1. The topological polar surface area (TPSA) is 66.8 Å². The molecule has 1 aliphatic heterocycles. The smallest absolute Gasteiger partial charge is 0.410 e. The van der Waals surface area contributed by atoms with Gasteiger partial charge < -0.3 is 14.7 Å². The van der Waals surface area contributed by atoms with Gasteiger partial charge >= 0.3 is 12.1 Å². The third kappa shape index (κ3) is 2.06. The average Bonchev–Trinajstić information content (AvgIpc) is 2.52. The summed E-state index contributed by atoms with van der Waals surface area (Å²) in [5.74, 6) is -1.22. The molecular weight excluding hydrogens is 234 g/mol. The fourth-order valence-corrected chi connectivity index (χ4v) is 3.04. The highest BCUT2D eigenvalue weighted by Gasteiger charge is 2.58. The first-order chi connectivity index (χ1) is 8.26. The van der Waals surface area contributed by atoms with E-state index in [0.29, 0.717) is 13.0 Å². The van der Waals surface area contributed by atoms with Crippen LogP contribution in [0.4, 0.5) is 4.79 Å². The molecule has 5 nitrogen and oxygen atoms in total. The minimum atomic E-state index is -0.791. The van der Waals surface area contributed by atoms with Crippen molar-refractivity contribution in [3.8, 4) is 0 Å². The SMILES string of the molecule is CC(C)(C)OC(=O)N1CCC(C(=O)O)C12CCC2. The van der Waals surface area contributed by atoms with Crippen LogP contribution in [0.3, 0.4) is 0 Å². The number of hydrogen-bond donors (Lipinski definition) is 1. The van der Waals surface area contributed by atoms with Crippen molar-refractivity contribution in [2.45, 2.75) is 57.6 Å². The third-order valence-corrected chi connectivity index (χ3v) is 3.96. The summed E-state index contributed by atoms with van der Waals surface area (Å²) >= 11 is 0. The summed E-state index contributed by atoms with van der Waals surface area (Å²) < 4.78 is 5.37. The Kier molecular flexibility index (Phi) is 3.03. The number of nitrogens with zero attached hydrogens (tertiary/aromatic N) is 1. The number of aliphatic carboxylic acids is 1. The number of carboxylic acids is 1. The second-order valence-corrected chi connectivity index (χ2v) is 6.27. The maximum atomic E-state index is 12.1. The predicted octanol–water partition coefficient (Wildman–Crippen LogP) is 2.25. The molecule has 1 heterocycles. The van der Waals surface area contributed by atoms with Crippen molar-refractivity contribution in [1.29, 1.82) is 0 Å². The largest absolute Gasteiger partial charge is 0.481 e. The summed E-state index contributed by atoms with van der Waals surface area (Å²) in [7, 11) is 0. The summed E-state index contributed by atoms with van der Waals surface area (Å²) in [6.07, 6.45) is 2.72. The van der Waals surface area contributed by atoms with E-state index < -0.39 is 23.0 Å². The van der Waals surface area contributed by atoms with Gasteiger partial charge in [-0.25, -0.2) is 4.79 Å². The molecule has 0 aromatic carbocycles. The van der Waals surface area contributed by atoms with E-state index in [1.54, 1.807) is 4.90 Å². The zero-order chi connectivity index (χ0) is 13.6. The van der Waals surface area contributed by atoms with Crippen molar-refractivity contribution in [3.05, 3.63) is 0 Å². The molecule has 1 aliphatic carbocycles. The quantitative estimate of drug-likeness (QED) is 0.780. The molecule has 2 fully saturated rings. The van der Waals surface area contributed by atoms with Crippen molar-refractivity contribution < 1.29 is 19.4 Å². The lowest BCUT2D eigenvalue weighted by Gasteiger charge is -2.47. The highest BCUT2D eigenvalue weighted by molar-refractivity contribution is 5.77. The van der Waals surface area contributed by atoms with Gasteiger partial charge in [0.2, 0.25) is 0 Å². The van der Waals surface area contributed by atoms with Crippen LogP contribution in [0, 0.1) is 5.92 Å². The van der Waals surface area contributed by atoms with Crippen LogP contribution in [0.1, 0.15) is 46.5 Å². The molecule has 1 saturated carbocycles. The monoisotopic (exact) mass is 255 g/mol. The molecule has 18 heavy (non-hydrogen) atoms. The standard InChI is InChI=1S/C13H21NO4/c1-12(2,3)18-11(17)14-8-5-9(10(15)16)13(14)6-4-7-13/h9H,4-8H2,1-3H3,(H,15,16). The maximum Gasteiger partial charge on any atom is 0.410 e. The van der Waals surface area contributed by atoms with Gasteiger partial charge in [-0.1, -0.05) is 0 Å². The zero-order valence-electron chi connectivity index (χ0n) is 11.2. The number of hydrogen-bond acceptors (Lipinski definition) is 3. The van der Waals surface area contributed by atoms with Gasteiger partial charge in [0, 0.05) is 6.54 Å². The first-order valence-electron chi connectivity index (χ1n) is 6.50. The van der Waals surface area contributed by atoms with Crippen molar-refractivity contribution >= 4 is 12.1 Å². The van der Waals surface area contributed by atoms with Gasteiger partial charge in [-0.3, -0.25) is 4.79 Å². The normalized spacial score (nSPS) is 25.9. The summed E-state index contributed by atoms with van der Waals surface area (Å²) in [5.41, 5.74) is -1.02. The summed E-state index contributed by atoms with van der Waals surface area (Å²) in [6.45, 7) is 5.96. The Hall–Kier alpha value is -1.26. The molecule has 1 spiro atoms. The fraction of sp³-hybridized carbons (Fsp3) is 0.846. The van der Waals surface area contributed by atoms with Crippen molar-refractivity contribution in [3.63, 3.8) is 0 Å². The fourth-order valence-electron chi connectivity index (χ4n) is 3.04. The molecule has 0 bridgehead atoms. The van der Waals surface area contributed by atoms with Crippen LogP contribution in [0.2, 0.25) is 0 Å². The van der Waals surface area contributed by atoms with E-state index in [1.165, 1.54) is 0 Å². The van der Waals surface area contributed by atoms with Gasteiger partial charge in [-0.15, -0.1) is 0 Å². The number of likely N-dealkylation sites (tertiary alicyclic amines) is 1. The molecule has 0 aromatic rings. The Labute approximate surface area is 107 Å². The van der Waals surface area contributed by atoms with Crippen molar-refractivity contribution in [1.82, 2.24) is 4.90 Å². The Morgan fingerprint density at radius 1 is 1.33 bits per heavy atom. The molecule has 0 radical (unpaired) electrons. The number of amides is 1. The molecule has 1 unspecified atom stereocenters. The highest BCUT2D eigenvalue weighted by atomic mass is 16.6. The summed E-state index contributed by atoms with van der Waals surface area (Å²) in [4.78, 5) is 25.1. The lowest BCUT2D eigenvalue weighted by atomic mass is 9.68. The van der Waals surface area contributed by atoms with Gasteiger partial charge in [0.05, 0.1) is 11.5 Å². The van der Waals surface area contributed by atoms with E-state index in [0.717, 1.165) is 19.3 Å². The molecule has 2 aliphatic rings. The lowest BCUT2D eigenvalue weighted by Crippen LogP contribution is -2.57. The second-order valence-electron chi connectivity index (χ2n) is 6.27. The van der Waals surface area contributed by atoms with E-state index in [-0.39, 0.29) is 6.09 Å². The van der Waals surface area contributed by atoms with Crippen LogP contribution >= 0.6 is 0 Å². The van der Waals surface area contributed by atoms with Gasteiger partial charge in [-0.2, -0.15) is 0 Å². The zero-order valence-corrected chi connectivity index (χ0v) is 11.2. The summed E-state index contributed by atoms with van der Waals surface area (Å²) in [5, 5.41) is 9.27. The number of carboxylic acid groups (broad SMARTS) is 1. The van der Waals surface area contributed by atoms with Crippen molar-refractivity contribution in [2.75, 3.05) is 6.54 Å². The summed E-state index contributed by atoms with van der Waals surface area (Å²) in [6, 6.07) is 0. The number of rotatable bonds is 1. The molecule has 1 atom stereocenters. The molecule has 102 valence electrons. The predicted molar refractivity (Wildman–Crippen MR) is 65.3 cm³/mol. The van der Waals surface area contributed by atoms with Crippen LogP contribution in [0.25, 0.3) is 0 Å². The number of ether oxygens (including phenoxy) is 1. The van der Waals surface area contributed by atoms with Gasteiger partial charge in [0.1, 0.15) is 5.60 Å². The Morgan fingerprint density at radius 2 is 1.94 bits per heavy atom. The minimum Gasteiger partial charge on any atom is -0.481 e. The molecule has 1 saturated heterocycles. The number of carbonyl (C=O) groups is 2. The number of carbonyl (C=O) groups excluding carboxylic acids is 1. The molecule has 2 rings (SSSR count). The first-order valence-corrected chi connectivity index (χ1v) is 6.50. The van der Waals surface area contributed by atoms with Crippen LogP contribution in [-0.4, -0.2) is 39.8 Å². The van der Waals surface area contributed by atoms with E-state index in [1.807, 2.05) is 20.8 Å². The molecule has 0 aromatic heterocycles. The highest BCUT2D eigenvalue weighted by Crippen LogP contribution is 2.49.